The van der Waals surface area contributed by atoms with E-state index >= 15 is 0 Å². The van der Waals surface area contributed by atoms with Crippen molar-refractivity contribution < 1.29 is 68.1 Å². The monoisotopic (exact) mass is 1100 g/mol. The van der Waals surface area contributed by atoms with Gasteiger partial charge in [0.05, 0.1) is 25.3 Å². The maximum atomic E-state index is 14.2. The number of phenolic OH excluding ortho intramolecular Hbond substituents is 1. The molecule has 0 spiro atoms. The molecule has 3 rings (SSSR count). The van der Waals surface area contributed by atoms with E-state index < -0.39 is 139 Å². The highest BCUT2D eigenvalue weighted by Gasteiger charge is 2.35. The third-order valence-electron chi connectivity index (χ3n) is 12.0. The second-order valence-corrected chi connectivity index (χ2v) is 20.5. The number of hydrogen-bond acceptors (Lipinski definition) is 14. The number of imidazole rings is 1. The number of H-pyrrole nitrogens is 1. The highest BCUT2D eigenvalue weighted by atomic mass is 16.4. The van der Waals surface area contributed by atoms with Crippen LogP contribution in [0.5, 0.6) is 5.75 Å². The topological polar surface area (TPSA) is 425 Å². The molecule has 0 bridgehead atoms. The van der Waals surface area contributed by atoms with Crippen LogP contribution in [0, 0.1) is 17.8 Å². The fraction of sp³-hybridized carbons (Fsp3) is 0.509. The number of hydrogen-bond donors (Lipinski definition) is 14. The predicted octanol–water partition coefficient (Wildman–Crippen LogP) is -1.06. The SMILES string of the molecule is CC(C)C[C@H](NC(=O)CNC(=O)[C@H](CC(C)C)NC(=O)[C@@H](N)Cc1ccccc1)C(=O)N[C@@H](Cc1cnc[nH]1)C(=O)N[C@@H](CC(N)=O)C(=O)N[C@@H](CC(C)C)C(=O)N[C@@H](CCC(=O)O)C(=O)N[C@@H](Cc1ccc(O)cc1)C(=O)O. The van der Waals surface area contributed by atoms with Gasteiger partial charge >= 0.3 is 11.9 Å². The number of benzene rings is 2. The van der Waals surface area contributed by atoms with Crippen LogP contribution in [0.1, 0.15) is 96.9 Å². The number of nitrogens with one attached hydrogen (secondary N) is 9. The van der Waals surface area contributed by atoms with Gasteiger partial charge in [-0.1, -0.05) is 84.0 Å². The Balaban J connectivity index is 1.80. The van der Waals surface area contributed by atoms with E-state index in [0.29, 0.717) is 11.3 Å². The Kier molecular flexibility index (Phi) is 26.6. The Labute approximate surface area is 457 Å². The van der Waals surface area contributed by atoms with Crippen molar-refractivity contribution in [3.05, 3.63) is 83.9 Å². The lowest BCUT2D eigenvalue weighted by molar-refractivity contribution is -0.143. The second kappa shape index (κ2) is 32.3. The Morgan fingerprint density at radius 2 is 1.01 bits per heavy atom. The molecular formula is C53H76N12O14. The number of carboxylic acid groups (broad SMARTS) is 2. The molecule has 26 nitrogen and oxygen atoms in total. The first-order chi connectivity index (χ1) is 37.2. The number of nitrogens with two attached hydrogens (primary N) is 2. The quantitative estimate of drug-likeness (QED) is 0.0339. The minimum Gasteiger partial charge on any atom is -0.508 e. The number of aromatic hydroxyl groups is 1. The van der Waals surface area contributed by atoms with E-state index in [1.165, 1.54) is 36.8 Å². The summed E-state index contributed by atoms with van der Waals surface area (Å²) in [4.78, 5) is 153. The summed E-state index contributed by atoms with van der Waals surface area (Å²) in [6.45, 7) is 10.00. The summed E-state index contributed by atoms with van der Waals surface area (Å²) in [5.41, 5.74) is 13.3. The van der Waals surface area contributed by atoms with Gasteiger partial charge in [0, 0.05) is 31.2 Å². The van der Waals surface area contributed by atoms with Crippen LogP contribution in [-0.4, -0.2) is 145 Å². The average molecular weight is 1110 g/mol. The van der Waals surface area contributed by atoms with Crippen LogP contribution in [0.3, 0.4) is 0 Å². The van der Waals surface area contributed by atoms with Crippen molar-refractivity contribution in [1.82, 2.24) is 52.5 Å². The van der Waals surface area contributed by atoms with Gasteiger partial charge in [0.1, 0.15) is 48.0 Å². The van der Waals surface area contributed by atoms with Crippen molar-refractivity contribution in [2.75, 3.05) is 6.54 Å². The zero-order valence-electron chi connectivity index (χ0n) is 45.2. The highest BCUT2D eigenvalue weighted by molar-refractivity contribution is 5.99. The Morgan fingerprint density at radius 1 is 0.544 bits per heavy atom. The first-order valence-corrected chi connectivity index (χ1v) is 25.9. The van der Waals surface area contributed by atoms with Gasteiger partial charge in [0.2, 0.25) is 53.2 Å². The fourth-order valence-corrected chi connectivity index (χ4v) is 8.09. The van der Waals surface area contributed by atoms with E-state index in [9.17, 15) is 68.1 Å². The Morgan fingerprint density at radius 3 is 1.54 bits per heavy atom. The van der Waals surface area contributed by atoms with E-state index in [1.54, 1.807) is 27.7 Å². The number of aromatic amines is 1. The largest absolute Gasteiger partial charge is 0.508 e. The Bertz CT molecular complexity index is 2540. The normalized spacial score (nSPS) is 14.2. The first-order valence-electron chi connectivity index (χ1n) is 25.9. The highest BCUT2D eigenvalue weighted by Crippen LogP contribution is 2.14. The molecule has 0 fully saturated rings. The van der Waals surface area contributed by atoms with Gasteiger partial charge < -0.3 is 74.3 Å². The van der Waals surface area contributed by atoms with Gasteiger partial charge in [-0.2, -0.15) is 0 Å². The van der Waals surface area contributed by atoms with Gasteiger partial charge in [-0.05, 0) is 73.1 Å². The van der Waals surface area contributed by atoms with Crippen molar-refractivity contribution >= 4 is 65.1 Å². The number of carbonyl (C=O) groups is 11. The average Bonchev–Trinajstić information content (AvgIpc) is 3.89. The zero-order chi connectivity index (χ0) is 58.9. The van der Waals surface area contributed by atoms with Crippen molar-refractivity contribution in [2.45, 2.75) is 148 Å². The minimum absolute atomic E-state index is 0.0417. The lowest BCUT2D eigenvalue weighted by atomic mass is 10.0. The summed E-state index contributed by atoms with van der Waals surface area (Å²) in [6, 6.07) is 3.26. The molecule has 0 unspecified atom stereocenters. The molecule has 0 aliphatic heterocycles. The fourth-order valence-electron chi connectivity index (χ4n) is 8.09. The number of phenols is 1. The van der Waals surface area contributed by atoms with Crippen molar-refractivity contribution in [1.29, 1.82) is 0 Å². The molecule has 0 saturated carbocycles. The molecule has 0 radical (unpaired) electrons. The van der Waals surface area contributed by atoms with Crippen LogP contribution in [0.2, 0.25) is 0 Å². The van der Waals surface area contributed by atoms with Crippen LogP contribution in [0.25, 0.3) is 0 Å². The second-order valence-electron chi connectivity index (χ2n) is 20.5. The number of amides is 9. The summed E-state index contributed by atoms with van der Waals surface area (Å²) in [6.07, 6.45) is 0.541. The summed E-state index contributed by atoms with van der Waals surface area (Å²) >= 11 is 0. The van der Waals surface area contributed by atoms with E-state index in [4.69, 9.17) is 11.5 Å². The number of aromatic nitrogens is 2. The number of nitrogens with zero attached hydrogens (tertiary/aromatic N) is 1. The van der Waals surface area contributed by atoms with E-state index in [0.717, 1.165) is 5.56 Å². The molecule has 1 heterocycles. The Hall–Kier alpha value is -8.42. The summed E-state index contributed by atoms with van der Waals surface area (Å²) in [5.74, 6) is -11.6. The zero-order valence-corrected chi connectivity index (χ0v) is 45.2. The van der Waals surface area contributed by atoms with E-state index in [1.807, 2.05) is 44.2 Å². The molecule has 0 aliphatic carbocycles. The molecule has 79 heavy (non-hydrogen) atoms. The maximum absolute atomic E-state index is 14.2. The molecule has 0 saturated heterocycles. The summed E-state index contributed by atoms with van der Waals surface area (Å²) in [7, 11) is 0. The molecule has 26 heteroatoms. The molecule has 432 valence electrons. The summed E-state index contributed by atoms with van der Waals surface area (Å²) < 4.78 is 0. The van der Waals surface area contributed by atoms with Crippen molar-refractivity contribution in [3.8, 4) is 5.75 Å². The molecule has 1 aromatic heterocycles. The van der Waals surface area contributed by atoms with Gasteiger partial charge in [-0.3, -0.25) is 47.9 Å². The smallest absolute Gasteiger partial charge is 0.326 e. The summed E-state index contributed by atoms with van der Waals surface area (Å²) in [5, 5.41) is 48.9. The lowest BCUT2D eigenvalue weighted by Crippen LogP contribution is -2.60. The van der Waals surface area contributed by atoms with Crippen LogP contribution in [0.4, 0.5) is 0 Å². The number of primary amides is 1. The molecule has 16 N–H and O–H groups in total. The minimum atomic E-state index is -1.78. The number of carboxylic acids is 2. The number of carbonyl (C=O) groups excluding carboxylic acids is 9. The molecular weight excluding hydrogens is 1030 g/mol. The standard InChI is InChI=1S/C53H76N12O14/c1-28(2)18-37(61-46(71)35(54)21-31-10-8-7-9-11-31)47(72)57-26-44(68)59-38(19-29(3)4)49(74)63-40(23-33-25-56-27-58-33)51(76)64-41(24-43(55)67)52(77)62-39(20-30(5)6)50(75)60-36(16-17-45(69)70)48(73)65-42(53(78)79)22-32-12-14-34(66)15-13-32/h7-15,25,27-30,35-42,66H,16-24,26,54H2,1-6H3,(H2,55,67)(H,56,58)(H,57,72)(H,59,68)(H,60,75)(H,61,71)(H,62,77)(H,63,74)(H,64,76)(H,65,73)(H,69,70)(H,78,79)/t35-,36-,37-,38-,39-,40-,41-,42-/m0/s1. The van der Waals surface area contributed by atoms with E-state index in [2.05, 4.69) is 52.5 Å². The van der Waals surface area contributed by atoms with Crippen molar-refractivity contribution in [2.24, 2.45) is 29.2 Å². The van der Waals surface area contributed by atoms with Gasteiger partial charge in [0.15, 0.2) is 0 Å². The van der Waals surface area contributed by atoms with Gasteiger partial charge in [0.25, 0.3) is 0 Å². The van der Waals surface area contributed by atoms with Crippen LogP contribution >= 0.6 is 0 Å². The first kappa shape index (κ1) is 64.9. The molecule has 3 aromatic rings. The van der Waals surface area contributed by atoms with Crippen molar-refractivity contribution in [3.63, 3.8) is 0 Å². The van der Waals surface area contributed by atoms with E-state index in [-0.39, 0.29) is 62.0 Å². The molecule has 2 aromatic carbocycles. The van der Waals surface area contributed by atoms with Gasteiger partial charge in [-0.15, -0.1) is 0 Å². The molecule has 0 aliphatic rings. The maximum Gasteiger partial charge on any atom is 0.326 e. The van der Waals surface area contributed by atoms with Gasteiger partial charge in [-0.25, -0.2) is 9.78 Å². The number of aliphatic carboxylic acids is 2. The third kappa shape index (κ3) is 24.2. The van der Waals surface area contributed by atoms with Crippen LogP contribution in [-0.2, 0) is 72.0 Å². The van der Waals surface area contributed by atoms with Crippen LogP contribution < -0.4 is 54.0 Å². The number of rotatable bonds is 34. The van der Waals surface area contributed by atoms with Crippen LogP contribution in [0.15, 0.2) is 67.1 Å². The lowest BCUT2D eigenvalue weighted by Gasteiger charge is -2.28. The predicted molar refractivity (Wildman–Crippen MR) is 285 cm³/mol. The molecule has 8 atom stereocenters. The third-order valence-corrected chi connectivity index (χ3v) is 12.0. The molecule has 9 amide bonds.